The van der Waals surface area contributed by atoms with Crippen LogP contribution in [0.1, 0.15) is 48.6 Å². The molecule has 11 aromatic rings. The van der Waals surface area contributed by atoms with Crippen LogP contribution in [0.4, 0.5) is 34.1 Å². The Labute approximate surface area is 440 Å². The zero-order valence-corrected chi connectivity index (χ0v) is 43.0. The van der Waals surface area contributed by atoms with E-state index in [-0.39, 0.29) is 26.5 Å². The molecule has 2 aromatic heterocycles. The fourth-order valence-electron chi connectivity index (χ4n) is 11.9. The largest absolute Gasteiger partial charge is 0.509 e. The maximum Gasteiger partial charge on any atom is 0.135 e. The van der Waals surface area contributed by atoms with Gasteiger partial charge in [0.2, 0.25) is 0 Å². The number of aromatic nitrogens is 2. The molecule has 0 radical (unpaired) electrons. The van der Waals surface area contributed by atoms with E-state index >= 15 is 0 Å². The molecule has 0 bridgehead atoms. The molecule has 0 fully saturated rings. The van der Waals surface area contributed by atoms with Crippen molar-refractivity contribution in [3.8, 4) is 39.6 Å². The van der Waals surface area contributed by atoms with Crippen molar-refractivity contribution in [3.05, 3.63) is 259 Å². The van der Waals surface area contributed by atoms with Crippen LogP contribution in [-0.4, -0.2) is 16.6 Å². The second-order valence-corrected chi connectivity index (χ2v) is 20.1. The molecule has 4 heterocycles. The van der Waals surface area contributed by atoms with Crippen LogP contribution in [0.2, 0.25) is 0 Å². The number of hydrogen-bond donors (Lipinski definition) is 0. The van der Waals surface area contributed by atoms with Gasteiger partial charge in [-0.2, -0.15) is 6.07 Å². The third kappa shape index (κ3) is 6.70. The maximum absolute atomic E-state index is 7.15. The summed E-state index contributed by atoms with van der Waals surface area (Å²) in [7, 11) is 2.18. The molecule has 0 amide bonds. The van der Waals surface area contributed by atoms with Crippen LogP contribution in [0, 0.1) is 18.8 Å². The van der Waals surface area contributed by atoms with E-state index in [4.69, 9.17) is 9.72 Å². The van der Waals surface area contributed by atoms with Gasteiger partial charge in [0.05, 0.1) is 5.41 Å². The number of para-hydroxylation sites is 5. The molecule has 1 spiro atoms. The predicted octanol–water partition coefficient (Wildman–Crippen LogP) is 16.4. The van der Waals surface area contributed by atoms with Crippen LogP contribution in [0.5, 0.6) is 11.5 Å². The molecule has 0 atom stereocenters. The summed E-state index contributed by atoms with van der Waals surface area (Å²) < 4.78 is 9.45. The maximum atomic E-state index is 7.15. The molecule has 356 valence electrons. The van der Waals surface area contributed by atoms with Gasteiger partial charge in [-0.1, -0.05) is 171 Å². The van der Waals surface area contributed by atoms with E-state index in [0.29, 0.717) is 11.5 Å². The summed E-state index contributed by atoms with van der Waals surface area (Å²) in [6.45, 7) is 8.95. The second-order valence-electron chi connectivity index (χ2n) is 20.1. The Bertz CT molecular complexity index is 3860. The molecule has 1 aliphatic carbocycles. The molecule has 0 saturated heterocycles. The predicted molar refractivity (Wildman–Crippen MR) is 294 cm³/mol. The Morgan fingerprint density at radius 1 is 0.521 bits per heavy atom. The molecular weight excluding hydrogens is 1070 g/mol. The first-order valence-electron chi connectivity index (χ1n) is 24.7. The van der Waals surface area contributed by atoms with Gasteiger partial charge in [-0.05, 0) is 86.6 Å². The monoisotopic (exact) mass is 1120 g/mol. The topological polar surface area (TPSA) is 36.8 Å². The first kappa shape index (κ1) is 44.7. The molecule has 2 aliphatic heterocycles. The third-order valence-corrected chi connectivity index (χ3v) is 15.1. The van der Waals surface area contributed by atoms with E-state index in [1.165, 1.54) is 39.0 Å². The molecule has 3 aliphatic rings. The first-order valence-corrected chi connectivity index (χ1v) is 24.7. The summed E-state index contributed by atoms with van der Waals surface area (Å²) in [5.74, 6) is 2.04. The second kappa shape index (κ2) is 17.0. The van der Waals surface area contributed by atoms with E-state index < -0.39 is 5.41 Å². The van der Waals surface area contributed by atoms with Crippen molar-refractivity contribution in [2.24, 2.45) is 0 Å². The fraction of sp³-hybridized carbons (Fsp3) is 0.0909. The first-order chi connectivity index (χ1) is 35.3. The van der Waals surface area contributed by atoms with Crippen molar-refractivity contribution in [3.63, 3.8) is 0 Å². The van der Waals surface area contributed by atoms with Crippen molar-refractivity contribution in [2.75, 3.05) is 21.7 Å². The van der Waals surface area contributed by atoms with Gasteiger partial charge in [0.15, 0.2) is 0 Å². The average Bonchev–Trinajstić information content (AvgIpc) is 4.08. The van der Waals surface area contributed by atoms with Crippen LogP contribution in [0.25, 0.3) is 49.9 Å². The summed E-state index contributed by atoms with van der Waals surface area (Å²) in [5.41, 5.74) is 18.4. The van der Waals surface area contributed by atoms with E-state index in [1.807, 2.05) is 12.3 Å². The van der Waals surface area contributed by atoms with Gasteiger partial charge in [-0.25, -0.2) is 4.98 Å². The SMILES string of the molecule is CN1c2ccccc2C2(c3ccccc31)c1cc(Oc3[c-]c(N4[CH-]N(c5c(-c6ccccc6)cccc5-c5ccccc5)c5ccccc54)ccc3)[c-]c3c1c1c2cccc1n3-c1cc(C(C)(C)C)ccn1.[Pt]. The third-order valence-electron chi connectivity index (χ3n) is 15.1. The molecule has 0 N–H and O–H groups in total. The van der Waals surface area contributed by atoms with Crippen molar-refractivity contribution < 1.29 is 25.8 Å². The van der Waals surface area contributed by atoms with Crippen LogP contribution in [-0.2, 0) is 31.9 Å². The number of ether oxygens (including phenoxy) is 1. The van der Waals surface area contributed by atoms with Crippen molar-refractivity contribution in [2.45, 2.75) is 31.6 Å². The summed E-state index contributed by atoms with van der Waals surface area (Å²) in [6, 6.07) is 81.4. The number of anilines is 6. The molecule has 9 aromatic carbocycles. The molecule has 73 heavy (non-hydrogen) atoms. The quantitative estimate of drug-likeness (QED) is 0.149. The Balaban J connectivity index is 0.00000516. The van der Waals surface area contributed by atoms with E-state index in [1.54, 1.807) is 0 Å². The summed E-state index contributed by atoms with van der Waals surface area (Å²) in [4.78, 5) is 12.0. The minimum absolute atomic E-state index is 0. The van der Waals surface area contributed by atoms with Crippen LogP contribution in [0.15, 0.2) is 212 Å². The van der Waals surface area contributed by atoms with Crippen molar-refractivity contribution >= 4 is 55.9 Å². The minimum atomic E-state index is -0.632. The summed E-state index contributed by atoms with van der Waals surface area (Å²) in [6.07, 6.45) is 1.94. The molecule has 0 unspecified atom stereocenters. The standard InChI is InChI=1S/C66H48N5O.Pt/c1-65(2,3)45-36-37-67-61(38-45)71-59-35-19-30-53-62(59)63-54(66(53)51-28-11-13-31-55(51)68(4)56-32-14-12-29-52(56)66)40-48(41-60(63)71)72-47-25-17-24-46(39-47)69-42-70(58-34-16-15-33-57(58)69)64-49(43-20-7-5-8-21-43)26-18-27-50(64)44-22-9-6-10-23-44;/h5-38,40,42H,1-4H3;/q-3;. The molecule has 0 saturated carbocycles. The molecular formula is C66H48N5OPt-3. The van der Waals surface area contributed by atoms with Gasteiger partial charge in [-0.15, -0.1) is 48.3 Å². The Morgan fingerprint density at radius 2 is 1.10 bits per heavy atom. The molecule has 6 nitrogen and oxygen atoms in total. The smallest absolute Gasteiger partial charge is 0.135 e. The molecule has 7 heteroatoms. The summed E-state index contributed by atoms with van der Waals surface area (Å²) >= 11 is 0. The van der Waals surface area contributed by atoms with Gasteiger partial charge in [0, 0.05) is 90.9 Å². The Morgan fingerprint density at radius 3 is 1.75 bits per heavy atom. The number of nitrogens with zero attached hydrogens (tertiary/aromatic N) is 5. The van der Waals surface area contributed by atoms with Gasteiger partial charge in [0.1, 0.15) is 5.82 Å². The van der Waals surface area contributed by atoms with Crippen LogP contribution in [0.3, 0.4) is 0 Å². The summed E-state index contributed by atoms with van der Waals surface area (Å²) in [5, 5.41) is 2.38. The number of fused-ring (bicyclic) bond motifs is 7. The van der Waals surface area contributed by atoms with Crippen molar-refractivity contribution in [1.29, 1.82) is 0 Å². The fourth-order valence-corrected chi connectivity index (χ4v) is 11.9. The minimum Gasteiger partial charge on any atom is -0.509 e. The Kier molecular flexibility index (Phi) is 10.4. The van der Waals surface area contributed by atoms with E-state index in [2.05, 4.69) is 266 Å². The molecule has 14 rings (SSSR count). The average molecular weight is 1120 g/mol. The van der Waals surface area contributed by atoms with E-state index in [9.17, 15) is 0 Å². The number of benzene rings is 9. The zero-order valence-electron chi connectivity index (χ0n) is 40.7. The van der Waals surface area contributed by atoms with Gasteiger partial charge in [-0.3, -0.25) is 0 Å². The van der Waals surface area contributed by atoms with Crippen LogP contribution < -0.4 is 19.4 Å². The van der Waals surface area contributed by atoms with Gasteiger partial charge in [0.25, 0.3) is 0 Å². The van der Waals surface area contributed by atoms with Crippen molar-refractivity contribution in [1.82, 2.24) is 9.55 Å². The number of rotatable bonds is 7. The normalized spacial score (nSPS) is 13.9. The number of hydrogen-bond acceptors (Lipinski definition) is 5. The van der Waals surface area contributed by atoms with Crippen LogP contribution >= 0.6 is 0 Å². The van der Waals surface area contributed by atoms with Gasteiger partial charge < -0.3 is 24.0 Å². The zero-order chi connectivity index (χ0) is 48.3. The van der Waals surface area contributed by atoms with Gasteiger partial charge >= 0.3 is 0 Å². The van der Waals surface area contributed by atoms with E-state index in [0.717, 1.165) is 72.8 Å². The number of pyridine rings is 1. The Hall–Kier alpha value is -8.18.